The Kier molecular flexibility index (Phi) is 3.09. The fourth-order valence-electron chi connectivity index (χ4n) is 1.49. The largest absolute Gasteiger partial charge is 0.356 e. The Balaban J connectivity index is 2.79. The van der Waals surface area contributed by atoms with Gasteiger partial charge in [0.05, 0.1) is 0 Å². The SMILES string of the molecule is C=C/C(C)=C(\N=C)N1CCCC1. The van der Waals surface area contributed by atoms with Crippen molar-refractivity contribution < 1.29 is 0 Å². The highest BCUT2D eigenvalue weighted by atomic mass is 15.2. The first-order chi connectivity index (χ1) is 5.79. The summed E-state index contributed by atoms with van der Waals surface area (Å²) in [7, 11) is 0. The maximum absolute atomic E-state index is 4.03. The van der Waals surface area contributed by atoms with E-state index in [1.807, 2.05) is 13.0 Å². The van der Waals surface area contributed by atoms with Crippen molar-refractivity contribution >= 4 is 6.72 Å². The van der Waals surface area contributed by atoms with Crippen molar-refractivity contribution in [2.24, 2.45) is 4.99 Å². The number of hydrogen-bond acceptors (Lipinski definition) is 2. The highest BCUT2D eigenvalue weighted by molar-refractivity contribution is 5.32. The van der Waals surface area contributed by atoms with Gasteiger partial charge in [-0.1, -0.05) is 12.7 Å². The second-order valence-electron chi connectivity index (χ2n) is 3.06. The van der Waals surface area contributed by atoms with Gasteiger partial charge < -0.3 is 4.90 Å². The van der Waals surface area contributed by atoms with Crippen molar-refractivity contribution in [1.29, 1.82) is 0 Å². The number of aliphatic imine (C=N–C) groups is 1. The minimum Gasteiger partial charge on any atom is -0.356 e. The molecular formula is C10H16N2. The fraction of sp³-hybridized carbons (Fsp3) is 0.500. The monoisotopic (exact) mass is 164 g/mol. The zero-order chi connectivity index (χ0) is 8.97. The molecule has 0 radical (unpaired) electrons. The number of likely N-dealkylation sites (tertiary alicyclic amines) is 1. The van der Waals surface area contributed by atoms with E-state index in [1.165, 1.54) is 12.8 Å². The molecule has 1 fully saturated rings. The van der Waals surface area contributed by atoms with Gasteiger partial charge in [-0.2, -0.15) is 0 Å². The van der Waals surface area contributed by atoms with Crippen molar-refractivity contribution in [2.75, 3.05) is 13.1 Å². The Morgan fingerprint density at radius 2 is 2.00 bits per heavy atom. The standard InChI is InChI=1S/C10H16N2/c1-4-9(2)10(11-3)12-7-5-6-8-12/h4H,1,3,5-8H2,2H3/b10-9+. The second-order valence-corrected chi connectivity index (χ2v) is 3.06. The van der Waals surface area contributed by atoms with Crippen LogP contribution in [0.25, 0.3) is 0 Å². The molecule has 2 nitrogen and oxygen atoms in total. The molecule has 1 saturated heterocycles. The van der Waals surface area contributed by atoms with Crippen molar-refractivity contribution in [3.63, 3.8) is 0 Å². The molecule has 2 heteroatoms. The summed E-state index contributed by atoms with van der Waals surface area (Å²) >= 11 is 0. The molecule has 12 heavy (non-hydrogen) atoms. The summed E-state index contributed by atoms with van der Waals surface area (Å²) in [5.41, 5.74) is 1.12. The summed E-state index contributed by atoms with van der Waals surface area (Å²) in [4.78, 5) is 6.29. The lowest BCUT2D eigenvalue weighted by molar-refractivity contribution is 0.419. The summed E-state index contributed by atoms with van der Waals surface area (Å²) in [6.07, 6.45) is 4.37. The van der Waals surface area contributed by atoms with E-state index in [2.05, 4.69) is 23.2 Å². The first-order valence-corrected chi connectivity index (χ1v) is 4.34. The summed E-state index contributed by atoms with van der Waals surface area (Å²) in [5.74, 6) is 1.00. The van der Waals surface area contributed by atoms with Crippen LogP contribution < -0.4 is 0 Å². The zero-order valence-electron chi connectivity index (χ0n) is 7.71. The predicted octanol–water partition coefficient (Wildman–Crippen LogP) is 2.20. The summed E-state index contributed by atoms with van der Waals surface area (Å²) < 4.78 is 0. The Morgan fingerprint density at radius 1 is 1.42 bits per heavy atom. The average Bonchev–Trinajstić information content (AvgIpc) is 2.58. The van der Waals surface area contributed by atoms with Crippen LogP contribution in [-0.2, 0) is 0 Å². The van der Waals surface area contributed by atoms with Crippen LogP contribution in [0.3, 0.4) is 0 Å². The highest BCUT2D eigenvalue weighted by Gasteiger charge is 2.14. The van der Waals surface area contributed by atoms with E-state index in [0.29, 0.717) is 0 Å². The van der Waals surface area contributed by atoms with Crippen LogP contribution in [0.15, 0.2) is 29.0 Å². The first kappa shape index (κ1) is 9.04. The smallest absolute Gasteiger partial charge is 0.130 e. The third kappa shape index (κ3) is 1.76. The molecule has 1 heterocycles. The molecule has 0 spiro atoms. The van der Waals surface area contributed by atoms with Crippen LogP contribution in [-0.4, -0.2) is 24.7 Å². The minimum absolute atomic E-state index is 1.00. The van der Waals surface area contributed by atoms with Crippen molar-refractivity contribution in [3.05, 3.63) is 24.0 Å². The molecule has 0 atom stereocenters. The third-order valence-electron chi connectivity index (χ3n) is 2.21. The van der Waals surface area contributed by atoms with Gasteiger partial charge in [0.15, 0.2) is 0 Å². The van der Waals surface area contributed by atoms with Crippen LogP contribution in [0.4, 0.5) is 0 Å². The number of rotatable bonds is 3. The lowest BCUT2D eigenvalue weighted by atomic mass is 10.3. The number of allylic oxidation sites excluding steroid dienone is 2. The van der Waals surface area contributed by atoms with Gasteiger partial charge in [0.1, 0.15) is 5.82 Å². The van der Waals surface area contributed by atoms with Gasteiger partial charge in [-0.3, -0.25) is 0 Å². The average molecular weight is 164 g/mol. The molecule has 66 valence electrons. The third-order valence-corrected chi connectivity index (χ3v) is 2.21. The van der Waals surface area contributed by atoms with Crippen molar-refractivity contribution in [2.45, 2.75) is 19.8 Å². The molecule has 0 saturated carbocycles. The van der Waals surface area contributed by atoms with Gasteiger partial charge >= 0.3 is 0 Å². The van der Waals surface area contributed by atoms with Crippen LogP contribution >= 0.6 is 0 Å². The van der Waals surface area contributed by atoms with E-state index in [0.717, 1.165) is 24.5 Å². The first-order valence-electron chi connectivity index (χ1n) is 4.34. The van der Waals surface area contributed by atoms with Gasteiger partial charge in [0.25, 0.3) is 0 Å². The number of nitrogens with zero attached hydrogens (tertiary/aromatic N) is 2. The van der Waals surface area contributed by atoms with Crippen molar-refractivity contribution in [1.82, 2.24) is 4.90 Å². The molecule has 1 rings (SSSR count). The molecule has 0 unspecified atom stereocenters. The molecule has 0 aliphatic carbocycles. The van der Waals surface area contributed by atoms with Gasteiger partial charge in [-0.15, -0.1) is 0 Å². The molecule has 0 aromatic heterocycles. The van der Waals surface area contributed by atoms with Gasteiger partial charge in [-0.25, -0.2) is 4.99 Å². The molecule has 0 aromatic carbocycles. The molecular weight excluding hydrogens is 148 g/mol. The van der Waals surface area contributed by atoms with E-state index in [4.69, 9.17) is 0 Å². The molecule has 1 aliphatic heterocycles. The highest BCUT2D eigenvalue weighted by Crippen LogP contribution is 2.18. The molecule has 1 aliphatic rings. The molecule has 0 amide bonds. The Bertz CT molecular complexity index is 210. The Hall–Kier alpha value is -1.05. The maximum atomic E-state index is 4.03. The Labute approximate surface area is 74.3 Å². The normalized spacial score (nSPS) is 18.9. The van der Waals surface area contributed by atoms with Crippen LogP contribution in [0.1, 0.15) is 19.8 Å². The van der Waals surface area contributed by atoms with E-state index in [1.54, 1.807) is 0 Å². The fourth-order valence-corrected chi connectivity index (χ4v) is 1.49. The molecule has 0 N–H and O–H groups in total. The molecule has 0 bridgehead atoms. The van der Waals surface area contributed by atoms with Gasteiger partial charge in [0.2, 0.25) is 0 Å². The Morgan fingerprint density at radius 3 is 2.42 bits per heavy atom. The minimum atomic E-state index is 1.00. The summed E-state index contributed by atoms with van der Waals surface area (Å²) in [5, 5.41) is 0. The van der Waals surface area contributed by atoms with Crippen LogP contribution in [0.2, 0.25) is 0 Å². The van der Waals surface area contributed by atoms with E-state index < -0.39 is 0 Å². The van der Waals surface area contributed by atoms with E-state index in [9.17, 15) is 0 Å². The molecule has 0 aromatic rings. The summed E-state index contributed by atoms with van der Waals surface area (Å²) in [6, 6.07) is 0. The van der Waals surface area contributed by atoms with E-state index >= 15 is 0 Å². The topological polar surface area (TPSA) is 15.6 Å². The van der Waals surface area contributed by atoms with E-state index in [-0.39, 0.29) is 0 Å². The van der Waals surface area contributed by atoms with Gasteiger partial charge in [-0.05, 0) is 32.1 Å². The zero-order valence-corrected chi connectivity index (χ0v) is 7.71. The number of hydrogen-bond donors (Lipinski definition) is 0. The van der Waals surface area contributed by atoms with Crippen LogP contribution in [0, 0.1) is 0 Å². The lowest BCUT2D eigenvalue weighted by Crippen LogP contribution is -2.18. The quantitative estimate of drug-likeness (QED) is 0.461. The second kappa shape index (κ2) is 4.10. The lowest BCUT2D eigenvalue weighted by Gasteiger charge is -2.18. The summed E-state index contributed by atoms with van der Waals surface area (Å²) in [6.45, 7) is 11.6. The van der Waals surface area contributed by atoms with Crippen LogP contribution in [0.5, 0.6) is 0 Å². The predicted molar refractivity (Wildman–Crippen MR) is 53.3 cm³/mol. The van der Waals surface area contributed by atoms with Gasteiger partial charge in [0, 0.05) is 13.1 Å². The maximum Gasteiger partial charge on any atom is 0.130 e. The van der Waals surface area contributed by atoms with Crippen molar-refractivity contribution in [3.8, 4) is 0 Å².